The Morgan fingerprint density at radius 1 is 1.36 bits per heavy atom. The number of tetrazole rings is 1. The first-order valence-electron chi connectivity index (χ1n) is 8.44. The Hall–Kier alpha value is -1.96. The van der Waals surface area contributed by atoms with Gasteiger partial charge < -0.3 is 4.74 Å². The highest BCUT2D eigenvalue weighted by atomic mass is 32.2. The number of hydrogen-bond acceptors (Lipinski definition) is 6. The monoisotopic (exact) mass is 355 g/mol. The number of nitrogens with one attached hydrogen (secondary N) is 1. The SMILES string of the molecule is COC1C=C2CN(Cc3ccccc3-c3nn[nH]n3)CCSC2=CC1. The van der Waals surface area contributed by atoms with E-state index in [2.05, 4.69) is 55.9 Å². The maximum atomic E-state index is 5.53. The van der Waals surface area contributed by atoms with Crippen LogP contribution < -0.4 is 0 Å². The van der Waals surface area contributed by atoms with Gasteiger partial charge in [0.15, 0.2) is 0 Å². The first kappa shape index (κ1) is 16.5. The molecule has 1 aliphatic heterocycles. The average molecular weight is 355 g/mol. The normalized spacial score (nSPS) is 21.2. The molecule has 0 saturated carbocycles. The number of ether oxygens (including phenoxy) is 1. The predicted molar refractivity (Wildman–Crippen MR) is 98.9 cm³/mol. The molecule has 0 amide bonds. The lowest BCUT2D eigenvalue weighted by molar-refractivity contribution is 0.141. The number of nitrogens with zero attached hydrogens (tertiary/aromatic N) is 4. The maximum absolute atomic E-state index is 5.53. The van der Waals surface area contributed by atoms with Crippen LogP contribution in [0.1, 0.15) is 12.0 Å². The minimum Gasteiger partial charge on any atom is -0.377 e. The maximum Gasteiger partial charge on any atom is 0.204 e. The molecule has 7 heteroatoms. The van der Waals surface area contributed by atoms with Crippen LogP contribution in [0.5, 0.6) is 0 Å². The number of aromatic nitrogens is 4. The summed E-state index contributed by atoms with van der Waals surface area (Å²) in [6.45, 7) is 2.87. The number of thioether (sulfide) groups is 1. The van der Waals surface area contributed by atoms with Gasteiger partial charge in [-0.25, -0.2) is 0 Å². The van der Waals surface area contributed by atoms with E-state index in [0.29, 0.717) is 5.82 Å². The van der Waals surface area contributed by atoms with E-state index in [0.717, 1.165) is 37.4 Å². The number of aromatic amines is 1. The fraction of sp³-hybridized carbons (Fsp3) is 0.389. The van der Waals surface area contributed by atoms with Gasteiger partial charge in [0, 0.05) is 43.0 Å². The molecular weight excluding hydrogens is 334 g/mol. The van der Waals surface area contributed by atoms with Gasteiger partial charge in [-0.1, -0.05) is 36.4 Å². The number of benzene rings is 1. The summed E-state index contributed by atoms with van der Waals surface area (Å²) in [5.74, 6) is 1.75. The first-order valence-corrected chi connectivity index (χ1v) is 9.43. The molecule has 2 aromatic rings. The molecule has 0 spiro atoms. The van der Waals surface area contributed by atoms with Crippen LogP contribution in [0.2, 0.25) is 0 Å². The number of H-pyrrole nitrogens is 1. The van der Waals surface area contributed by atoms with Crippen LogP contribution in [-0.4, -0.2) is 57.6 Å². The van der Waals surface area contributed by atoms with Crippen molar-refractivity contribution in [1.82, 2.24) is 25.5 Å². The summed E-state index contributed by atoms with van der Waals surface area (Å²) in [7, 11) is 1.78. The standard InChI is InChI=1S/C18H21N5OS/c1-24-15-6-7-17-14(10-15)12-23(8-9-25-17)11-13-4-2-3-5-16(13)18-19-21-22-20-18/h2-5,7,10,15H,6,8-9,11-12H2,1H3,(H,19,20,21,22). The lowest BCUT2D eigenvalue weighted by Crippen LogP contribution is -2.27. The molecule has 2 aliphatic rings. The number of rotatable bonds is 4. The topological polar surface area (TPSA) is 66.9 Å². The molecule has 1 N–H and O–H groups in total. The average Bonchev–Trinajstić information content (AvgIpc) is 3.10. The number of methoxy groups -OCH3 is 1. The van der Waals surface area contributed by atoms with E-state index in [-0.39, 0.29) is 6.10 Å². The molecule has 130 valence electrons. The Bertz CT molecular complexity index is 787. The molecule has 25 heavy (non-hydrogen) atoms. The summed E-state index contributed by atoms with van der Waals surface area (Å²) in [5, 5.41) is 14.5. The van der Waals surface area contributed by atoms with Gasteiger partial charge in [0.1, 0.15) is 0 Å². The highest BCUT2D eigenvalue weighted by Crippen LogP contribution is 2.33. The largest absolute Gasteiger partial charge is 0.377 e. The molecule has 4 rings (SSSR count). The van der Waals surface area contributed by atoms with Gasteiger partial charge in [-0.05, 0) is 22.8 Å². The third kappa shape index (κ3) is 3.68. The molecule has 1 aromatic carbocycles. The fourth-order valence-corrected chi connectivity index (χ4v) is 4.41. The Balaban J connectivity index is 1.56. The van der Waals surface area contributed by atoms with Crippen LogP contribution in [0.15, 0.2) is 46.9 Å². The van der Waals surface area contributed by atoms with Crippen molar-refractivity contribution in [2.75, 3.05) is 26.0 Å². The number of hydrogen-bond donors (Lipinski definition) is 1. The van der Waals surface area contributed by atoms with Crippen molar-refractivity contribution in [1.29, 1.82) is 0 Å². The van der Waals surface area contributed by atoms with Gasteiger partial charge >= 0.3 is 0 Å². The van der Waals surface area contributed by atoms with Crippen molar-refractivity contribution in [3.8, 4) is 11.4 Å². The van der Waals surface area contributed by atoms with Crippen LogP contribution in [0.3, 0.4) is 0 Å². The van der Waals surface area contributed by atoms with E-state index in [9.17, 15) is 0 Å². The lowest BCUT2D eigenvalue weighted by atomic mass is 10.0. The molecule has 2 heterocycles. The van der Waals surface area contributed by atoms with Crippen molar-refractivity contribution in [3.05, 3.63) is 52.5 Å². The Labute approximate surface area is 151 Å². The molecular formula is C18H21N5OS. The van der Waals surface area contributed by atoms with Crippen LogP contribution in [0.25, 0.3) is 11.4 Å². The molecule has 0 bridgehead atoms. The highest BCUT2D eigenvalue weighted by Gasteiger charge is 2.22. The zero-order valence-corrected chi connectivity index (χ0v) is 15.0. The van der Waals surface area contributed by atoms with Crippen LogP contribution in [0, 0.1) is 0 Å². The molecule has 0 radical (unpaired) electrons. The Kier molecular flexibility index (Phi) is 4.96. The molecule has 1 atom stereocenters. The van der Waals surface area contributed by atoms with Crippen molar-refractivity contribution >= 4 is 11.8 Å². The first-order chi connectivity index (χ1) is 12.3. The highest BCUT2D eigenvalue weighted by molar-refractivity contribution is 8.03. The zero-order valence-electron chi connectivity index (χ0n) is 14.2. The summed E-state index contributed by atoms with van der Waals surface area (Å²) in [4.78, 5) is 3.90. The van der Waals surface area contributed by atoms with E-state index in [4.69, 9.17) is 4.74 Å². The molecule has 1 saturated heterocycles. The molecule has 1 aliphatic carbocycles. The van der Waals surface area contributed by atoms with E-state index >= 15 is 0 Å². The summed E-state index contributed by atoms with van der Waals surface area (Å²) in [6, 6.07) is 8.28. The van der Waals surface area contributed by atoms with E-state index < -0.39 is 0 Å². The van der Waals surface area contributed by atoms with Gasteiger partial charge in [-0.3, -0.25) is 4.90 Å². The lowest BCUT2D eigenvalue weighted by Gasteiger charge is -2.24. The molecule has 1 aromatic heterocycles. The molecule has 1 fully saturated rings. The summed E-state index contributed by atoms with van der Waals surface area (Å²) >= 11 is 1.95. The van der Waals surface area contributed by atoms with Crippen LogP contribution in [-0.2, 0) is 11.3 Å². The van der Waals surface area contributed by atoms with Crippen molar-refractivity contribution in [3.63, 3.8) is 0 Å². The van der Waals surface area contributed by atoms with E-state index in [1.165, 1.54) is 16.0 Å². The Morgan fingerprint density at radius 2 is 2.28 bits per heavy atom. The second-order valence-electron chi connectivity index (χ2n) is 6.22. The van der Waals surface area contributed by atoms with Gasteiger partial charge in [0.05, 0.1) is 6.10 Å². The third-order valence-corrected chi connectivity index (χ3v) is 5.73. The van der Waals surface area contributed by atoms with Gasteiger partial charge in [-0.2, -0.15) is 5.21 Å². The minimum atomic E-state index is 0.200. The number of fused-ring (bicyclic) bond motifs is 1. The third-order valence-electron chi connectivity index (χ3n) is 4.60. The second-order valence-corrected chi connectivity index (χ2v) is 7.36. The fourth-order valence-electron chi connectivity index (χ4n) is 3.31. The summed E-state index contributed by atoms with van der Waals surface area (Å²) in [6.07, 6.45) is 5.78. The second kappa shape index (κ2) is 7.51. The summed E-state index contributed by atoms with van der Waals surface area (Å²) < 4.78 is 5.53. The van der Waals surface area contributed by atoms with Gasteiger partial charge in [-0.15, -0.1) is 22.0 Å². The minimum absolute atomic E-state index is 0.200. The van der Waals surface area contributed by atoms with Crippen LogP contribution >= 0.6 is 11.8 Å². The predicted octanol–water partition coefficient (Wildman–Crippen LogP) is 2.64. The van der Waals surface area contributed by atoms with E-state index in [1.807, 2.05) is 17.8 Å². The quantitative estimate of drug-likeness (QED) is 0.909. The van der Waals surface area contributed by atoms with Crippen molar-refractivity contribution in [2.45, 2.75) is 19.1 Å². The van der Waals surface area contributed by atoms with E-state index in [1.54, 1.807) is 7.11 Å². The van der Waals surface area contributed by atoms with Gasteiger partial charge in [0.2, 0.25) is 5.82 Å². The molecule has 6 nitrogen and oxygen atoms in total. The van der Waals surface area contributed by atoms with Crippen LogP contribution in [0.4, 0.5) is 0 Å². The van der Waals surface area contributed by atoms with Crippen molar-refractivity contribution in [2.24, 2.45) is 0 Å². The van der Waals surface area contributed by atoms with Crippen molar-refractivity contribution < 1.29 is 4.74 Å². The van der Waals surface area contributed by atoms with Gasteiger partial charge in [0.25, 0.3) is 0 Å². The zero-order chi connectivity index (χ0) is 17.1. The molecule has 1 unspecified atom stereocenters. The smallest absolute Gasteiger partial charge is 0.204 e. The Morgan fingerprint density at radius 3 is 3.12 bits per heavy atom. The summed E-state index contributed by atoms with van der Waals surface area (Å²) in [5.41, 5.74) is 3.65.